The van der Waals surface area contributed by atoms with Gasteiger partial charge in [-0.2, -0.15) is 0 Å². The van der Waals surface area contributed by atoms with E-state index in [1.54, 1.807) is 6.20 Å². The lowest BCUT2D eigenvalue weighted by molar-refractivity contribution is 0.0698. The number of hydrogen-bond donors (Lipinski definition) is 1. The predicted octanol–water partition coefficient (Wildman–Crippen LogP) is 6.17. The second-order valence-electron chi connectivity index (χ2n) is 7.38. The third kappa shape index (κ3) is 3.87. The quantitative estimate of drug-likeness (QED) is 0.432. The number of rotatable bonds is 6. The molecule has 0 saturated heterocycles. The minimum absolute atomic E-state index is 0.176. The van der Waals surface area contributed by atoms with Crippen molar-refractivity contribution in [1.29, 1.82) is 0 Å². The molecule has 0 atom stereocenters. The van der Waals surface area contributed by atoms with Gasteiger partial charge in [-0.25, -0.2) is 4.79 Å². The van der Waals surface area contributed by atoms with E-state index >= 15 is 0 Å². The third-order valence-corrected chi connectivity index (χ3v) is 5.06. The fraction of sp³-hybridized carbons (Fsp3) is 0.160. The number of fused-ring (bicyclic) bond motifs is 1. The van der Waals surface area contributed by atoms with Gasteiger partial charge in [0.05, 0.1) is 5.56 Å². The summed E-state index contributed by atoms with van der Waals surface area (Å²) in [5.41, 5.74) is 4.51. The summed E-state index contributed by atoms with van der Waals surface area (Å²) in [4.78, 5) is 11.6. The van der Waals surface area contributed by atoms with Crippen LogP contribution >= 0.6 is 0 Å². The van der Waals surface area contributed by atoms with Crippen molar-refractivity contribution in [2.75, 3.05) is 0 Å². The summed E-state index contributed by atoms with van der Waals surface area (Å²) >= 11 is 0. The van der Waals surface area contributed by atoms with Crippen LogP contribution in [0.4, 0.5) is 0 Å². The van der Waals surface area contributed by atoms with E-state index in [0.717, 1.165) is 33.3 Å². The number of hydrogen-bond acceptors (Lipinski definition) is 2. The summed E-state index contributed by atoms with van der Waals surface area (Å²) in [5, 5.41) is 10.3. The van der Waals surface area contributed by atoms with Gasteiger partial charge in [0.25, 0.3) is 0 Å². The smallest absolute Gasteiger partial charge is 0.337 e. The number of nitrogens with zero attached hydrogens (tertiary/aromatic N) is 1. The molecule has 0 spiro atoms. The first-order valence-electron chi connectivity index (χ1n) is 9.68. The molecule has 0 aliphatic heterocycles. The summed E-state index contributed by atoms with van der Waals surface area (Å²) in [6.07, 6.45) is 1.72. The molecule has 0 saturated carbocycles. The first kappa shape index (κ1) is 18.8. The Balaban J connectivity index is 1.61. The normalized spacial score (nSPS) is 11.1. The SMILES string of the molecule is CC(C)n1cc(C(=O)O)c2ccc(-c3ccc(OCc4ccccc4)cc3)cc21. The van der Waals surface area contributed by atoms with E-state index in [2.05, 4.69) is 19.9 Å². The number of carbonyl (C=O) groups is 1. The molecule has 4 nitrogen and oxygen atoms in total. The zero-order valence-corrected chi connectivity index (χ0v) is 16.5. The zero-order chi connectivity index (χ0) is 20.4. The fourth-order valence-corrected chi connectivity index (χ4v) is 3.51. The van der Waals surface area contributed by atoms with E-state index < -0.39 is 5.97 Å². The molecule has 0 radical (unpaired) electrons. The molecule has 1 aromatic heterocycles. The highest BCUT2D eigenvalue weighted by molar-refractivity contribution is 6.04. The predicted molar refractivity (Wildman–Crippen MR) is 115 cm³/mol. The van der Waals surface area contributed by atoms with Crippen molar-refractivity contribution in [2.45, 2.75) is 26.5 Å². The Morgan fingerprint density at radius 2 is 1.66 bits per heavy atom. The van der Waals surface area contributed by atoms with Crippen LogP contribution in [0.3, 0.4) is 0 Å². The van der Waals surface area contributed by atoms with E-state index in [0.29, 0.717) is 12.2 Å². The Labute approximate surface area is 170 Å². The highest BCUT2D eigenvalue weighted by Gasteiger charge is 2.16. The maximum atomic E-state index is 11.6. The van der Waals surface area contributed by atoms with Crippen molar-refractivity contribution in [3.8, 4) is 16.9 Å². The maximum absolute atomic E-state index is 11.6. The topological polar surface area (TPSA) is 51.5 Å². The Kier molecular flexibility index (Phi) is 5.09. The first-order chi connectivity index (χ1) is 14.0. The molecule has 4 heteroatoms. The summed E-state index contributed by atoms with van der Waals surface area (Å²) in [7, 11) is 0. The van der Waals surface area contributed by atoms with Gasteiger partial charge in [-0.3, -0.25) is 0 Å². The van der Waals surface area contributed by atoms with Crippen LogP contribution < -0.4 is 4.74 Å². The minimum atomic E-state index is -0.901. The first-order valence-corrected chi connectivity index (χ1v) is 9.68. The van der Waals surface area contributed by atoms with Crippen molar-refractivity contribution >= 4 is 16.9 Å². The summed E-state index contributed by atoms with van der Waals surface area (Å²) in [6.45, 7) is 4.64. The van der Waals surface area contributed by atoms with Gasteiger partial charge in [0.2, 0.25) is 0 Å². The molecule has 0 fully saturated rings. The summed E-state index contributed by atoms with van der Waals surface area (Å²) in [5.74, 6) is -0.0838. The number of ether oxygens (including phenoxy) is 1. The molecule has 0 unspecified atom stereocenters. The Morgan fingerprint density at radius 1 is 0.966 bits per heavy atom. The molecular formula is C25H23NO3. The van der Waals surface area contributed by atoms with E-state index in [-0.39, 0.29) is 6.04 Å². The van der Waals surface area contributed by atoms with Gasteiger partial charge >= 0.3 is 5.97 Å². The average Bonchev–Trinajstić information content (AvgIpc) is 3.13. The van der Waals surface area contributed by atoms with Gasteiger partial charge in [0.1, 0.15) is 12.4 Å². The van der Waals surface area contributed by atoms with E-state index in [9.17, 15) is 9.90 Å². The molecular weight excluding hydrogens is 362 g/mol. The molecule has 1 heterocycles. The third-order valence-electron chi connectivity index (χ3n) is 5.06. The van der Waals surface area contributed by atoms with E-state index in [1.165, 1.54) is 0 Å². The summed E-state index contributed by atoms with van der Waals surface area (Å²) in [6, 6.07) is 24.2. The van der Waals surface area contributed by atoms with Gasteiger partial charge in [-0.15, -0.1) is 0 Å². The van der Waals surface area contributed by atoms with Gasteiger partial charge in [0.15, 0.2) is 0 Å². The number of aromatic nitrogens is 1. The van der Waals surface area contributed by atoms with Gasteiger partial charge < -0.3 is 14.4 Å². The number of carboxylic acid groups (broad SMARTS) is 1. The van der Waals surface area contributed by atoms with Crippen LogP contribution in [-0.2, 0) is 6.61 Å². The molecule has 4 rings (SSSR count). The molecule has 4 aromatic rings. The highest BCUT2D eigenvalue weighted by atomic mass is 16.5. The highest BCUT2D eigenvalue weighted by Crippen LogP contribution is 2.30. The Morgan fingerprint density at radius 3 is 2.31 bits per heavy atom. The minimum Gasteiger partial charge on any atom is -0.489 e. The van der Waals surface area contributed by atoms with Gasteiger partial charge in [-0.05, 0) is 48.7 Å². The molecule has 1 N–H and O–H groups in total. The van der Waals surface area contributed by atoms with Crippen molar-refractivity contribution in [3.05, 3.63) is 90.1 Å². The van der Waals surface area contributed by atoms with Crippen molar-refractivity contribution in [2.24, 2.45) is 0 Å². The molecule has 0 bridgehead atoms. The van der Waals surface area contributed by atoms with Crippen LogP contribution in [-0.4, -0.2) is 15.6 Å². The molecule has 3 aromatic carbocycles. The molecule has 146 valence electrons. The average molecular weight is 385 g/mol. The number of benzene rings is 3. The Hall–Kier alpha value is -3.53. The van der Waals surface area contributed by atoms with Crippen LogP contribution in [0.2, 0.25) is 0 Å². The molecule has 29 heavy (non-hydrogen) atoms. The van der Waals surface area contributed by atoms with E-state index in [1.807, 2.05) is 71.3 Å². The lowest BCUT2D eigenvalue weighted by Gasteiger charge is -2.11. The van der Waals surface area contributed by atoms with Gasteiger partial charge in [0, 0.05) is 23.1 Å². The van der Waals surface area contributed by atoms with Crippen molar-refractivity contribution < 1.29 is 14.6 Å². The zero-order valence-electron chi connectivity index (χ0n) is 16.5. The maximum Gasteiger partial charge on any atom is 0.337 e. The standard InChI is InChI=1S/C25H23NO3/c1-17(2)26-15-23(25(27)28)22-13-10-20(14-24(22)26)19-8-11-21(12-9-19)29-16-18-6-4-3-5-7-18/h3-15,17H,16H2,1-2H3,(H,27,28). The Bertz CT molecular complexity index is 1140. The van der Waals surface area contributed by atoms with Crippen LogP contribution in [0, 0.1) is 0 Å². The lowest BCUT2D eigenvalue weighted by atomic mass is 10.0. The van der Waals surface area contributed by atoms with Crippen LogP contribution in [0.1, 0.15) is 35.8 Å². The largest absolute Gasteiger partial charge is 0.489 e. The lowest BCUT2D eigenvalue weighted by Crippen LogP contribution is -1.99. The molecule has 0 aliphatic rings. The van der Waals surface area contributed by atoms with E-state index in [4.69, 9.17) is 4.74 Å². The summed E-state index contributed by atoms with van der Waals surface area (Å²) < 4.78 is 7.88. The van der Waals surface area contributed by atoms with Crippen molar-refractivity contribution in [1.82, 2.24) is 4.57 Å². The van der Waals surface area contributed by atoms with Crippen LogP contribution in [0.15, 0.2) is 79.0 Å². The number of aromatic carboxylic acids is 1. The van der Waals surface area contributed by atoms with Crippen molar-refractivity contribution in [3.63, 3.8) is 0 Å². The second kappa shape index (κ2) is 7.84. The molecule has 0 amide bonds. The molecule has 0 aliphatic carbocycles. The van der Waals surface area contributed by atoms with Gasteiger partial charge in [-0.1, -0.05) is 54.6 Å². The van der Waals surface area contributed by atoms with Crippen LogP contribution in [0.5, 0.6) is 5.75 Å². The van der Waals surface area contributed by atoms with Crippen LogP contribution in [0.25, 0.3) is 22.0 Å². The number of carboxylic acids is 1. The fourth-order valence-electron chi connectivity index (χ4n) is 3.51. The second-order valence-corrected chi connectivity index (χ2v) is 7.38. The monoisotopic (exact) mass is 385 g/mol.